The number of hydrogen-bond acceptors (Lipinski definition) is 11. The SMILES string of the molecule is C=O.C=O.CN.CNCCNC.COc1cnc(C(F)F)cc1-c1cc(C)ccc1-c1nc2ncc(C#CC3CC3)nc2s1. The summed E-state index contributed by atoms with van der Waals surface area (Å²) >= 11 is 1.40. The Morgan fingerprint density at radius 3 is 2.23 bits per heavy atom. The van der Waals surface area contributed by atoms with E-state index < -0.39 is 6.43 Å². The maximum atomic E-state index is 13.4. The van der Waals surface area contributed by atoms with Crippen LogP contribution >= 0.6 is 11.3 Å². The summed E-state index contributed by atoms with van der Waals surface area (Å²) in [6.07, 6.45) is 2.58. The van der Waals surface area contributed by atoms with Crippen LogP contribution in [0.4, 0.5) is 8.78 Å². The number of alkyl halides is 2. The van der Waals surface area contributed by atoms with E-state index in [-0.39, 0.29) is 5.69 Å². The molecule has 0 unspecified atom stereocenters. The number of pyridine rings is 1. The zero-order valence-electron chi connectivity index (χ0n) is 25.6. The molecule has 5 rings (SSSR count). The van der Waals surface area contributed by atoms with Gasteiger partial charge in [0.2, 0.25) is 0 Å². The number of halogens is 2. The third-order valence-electron chi connectivity index (χ3n) is 5.76. The molecule has 44 heavy (non-hydrogen) atoms. The van der Waals surface area contributed by atoms with Crippen LogP contribution < -0.4 is 21.1 Å². The highest BCUT2D eigenvalue weighted by atomic mass is 32.1. The van der Waals surface area contributed by atoms with Crippen molar-refractivity contribution in [2.45, 2.75) is 26.2 Å². The first-order valence-corrected chi connectivity index (χ1v) is 14.3. The highest BCUT2D eigenvalue weighted by molar-refractivity contribution is 7.21. The van der Waals surface area contributed by atoms with Crippen molar-refractivity contribution in [3.63, 3.8) is 0 Å². The number of benzene rings is 1. The lowest BCUT2D eigenvalue weighted by Crippen LogP contribution is -2.21. The van der Waals surface area contributed by atoms with Crippen molar-refractivity contribution in [3.05, 3.63) is 53.6 Å². The molecule has 3 aromatic heterocycles. The Bertz CT molecular complexity index is 1500. The van der Waals surface area contributed by atoms with Crippen molar-refractivity contribution in [2.24, 2.45) is 11.7 Å². The van der Waals surface area contributed by atoms with Crippen LogP contribution in [0.3, 0.4) is 0 Å². The van der Waals surface area contributed by atoms with Crippen LogP contribution in [0.5, 0.6) is 5.75 Å². The zero-order valence-corrected chi connectivity index (χ0v) is 26.4. The number of hydrogen-bond donors (Lipinski definition) is 3. The monoisotopic (exact) mass is 627 g/mol. The van der Waals surface area contributed by atoms with E-state index in [2.05, 4.69) is 48.1 Å². The zero-order chi connectivity index (χ0) is 33.1. The number of aryl methyl sites for hydroxylation is 1. The van der Waals surface area contributed by atoms with Gasteiger partial charge < -0.3 is 30.7 Å². The summed E-state index contributed by atoms with van der Waals surface area (Å²) in [5.41, 5.74) is 8.39. The topological polar surface area (TPSA) is 145 Å². The molecule has 10 nitrogen and oxygen atoms in total. The van der Waals surface area contributed by atoms with Crippen LogP contribution in [0.15, 0.2) is 36.7 Å². The lowest BCUT2D eigenvalue weighted by atomic mass is 9.97. The molecule has 0 aliphatic heterocycles. The van der Waals surface area contributed by atoms with E-state index in [0.717, 1.165) is 42.6 Å². The molecule has 1 aliphatic rings. The van der Waals surface area contributed by atoms with Gasteiger partial charge in [-0.25, -0.2) is 23.7 Å². The van der Waals surface area contributed by atoms with E-state index in [1.54, 1.807) is 6.20 Å². The average molecular weight is 628 g/mol. The number of carbonyl (C=O) groups excluding carboxylic acids is 2. The number of methoxy groups -OCH3 is 1. The van der Waals surface area contributed by atoms with Crippen molar-refractivity contribution < 1.29 is 23.1 Å². The Morgan fingerprint density at radius 2 is 1.66 bits per heavy atom. The molecule has 1 aliphatic carbocycles. The van der Waals surface area contributed by atoms with Crippen molar-refractivity contribution in [2.75, 3.05) is 41.3 Å². The minimum Gasteiger partial charge on any atom is -0.494 e. The molecule has 4 N–H and O–H groups in total. The molecule has 1 aromatic carbocycles. The Hall–Kier alpha value is -4.22. The van der Waals surface area contributed by atoms with Gasteiger partial charge in [0.25, 0.3) is 6.43 Å². The maximum Gasteiger partial charge on any atom is 0.280 e. The Labute approximate surface area is 260 Å². The number of aromatic nitrogens is 4. The number of likely N-dealkylation sites (N-methyl/N-ethyl adjacent to an activating group) is 2. The van der Waals surface area contributed by atoms with Crippen LogP contribution in [0.25, 0.3) is 32.2 Å². The van der Waals surface area contributed by atoms with E-state index in [1.165, 1.54) is 37.8 Å². The lowest BCUT2D eigenvalue weighted by molar-refractivity contribution is -0.0987. The molecule has 13 heteroatoms. The van der Waals surface area contributed by atoms with Crippen molar-refractivity contribution in [1.82, 2.24) is 30.6 Å². The number of nitrogens with zero attached hydrogens (tertiary/aromatic N) is 4. The highest BCUT2D eigenvalue weighted by Crippen LogP contribution is 2.41. The largest absolute Gasteiger partial charge is 0.494 e. The number of carbonyl (C=O) groups is 2. The summed E-state index contributed by atoms with van der Waals surface area (Å²) in [6, 6.07) is 7.19. The van der Waals surface area contributed by atoms with Crippen LogP contribution in [-0.2, 0) is 9.59 Å². The van der Waals surface area contributed by atoms with Crippen LogP contribution in [0.2, 0.25) is 0 Å². The molecule has 0 radical (unpaired) electrons. The Balaban J connectivity index is 0.000000705. The summed E-state index contributed by atoms with van der Waals surface area (Å²) in [5.74, 6) is 7.17. The van der Waals surface area contributed by atoms with E-state index >= 15 is 0 Å². The molecule has 3 heterocycles. The van der Waals surface area contributed by atoms with Gasteiger partial charge in [-0.1, -0.05) is 41.0 Å². The van der Waals surface area contributed by atoms with Crippen LogP contribution in [-0.4, -0.2) is 74.9 Å². The third-order valence-corrected chi connectivity index (χ3v) is 6.73. The van der Waals surface area contributed by atoms with Gasteiger partial charge in [-0.05, 0) is 58.5 Å². The van der Waals surface area contributed by atoms with E-state index in [9.17, 15) is 8.78 Å². The summed E-state index contributed by atoms with van der Waals surface area (Å²) in [4.78, 5) is 34.2. The summed E-state index contributed by atoms with van der Waals surface area (Å²) in [6.45, 7) is 8.05. The van der Waals surface area contributed by atoms with Crippen LogP contribution in [0, 0.1) is 24.7 Å². The maximum absolute atomic E-state index is 13.4. The van der Waals surface area contributed by atoms with Crippen LogP contribution in [0.1, 0.15) is 36.2 Å². The normalized spacial score (nSPS) is 11.2. The van der Waals surface area contributed by atoms with Gasteiger partial charge in [0, 0.05) is 30.1 Å². The standard InChI is InChI=1S/C24H18F2N4OS.C4H12N2.CH5N.2CH2O/c1-13-3-8-16(17(9-13)18-10-19(21(25)26)27-12-20(18)31-2)23-30-22-24(32-23)29-15(11-28-22)7-6-14-4-5-14;1-5-3-4-6-2;3*1-2/h3,8-12,14,21H,4-5H2,1-2H3;5-6H,3-4H2,1-2H3;2H2,1H3;2*1H2. The van der Waals surface area contributed by atoms with Crippen molar-refractivity contribution in [1.29, 1.82) is 0 Å². The summed E-state index contributed by atoms with van der Waals surface area (Å²) in [7, 11) is 6.88. The number of nitrogens with two attached hydrogens (primary N) is 1. The summed E-state index contributed by atoms with van der Waals surface area (Å²) in [5, 5.41) is 6.71. The highest BCUT2D eigenvalue weighted by Gasteiger charge is 2.20. The molecular formula is C31H39F2N7O3S. The van der Waals surface area contributed by atoms with Gasteiger partial charge in [0.05, 0.1) is 19.5 Å². The lowest BCUT2D eigenvalue weighted by Gasteiger charge is -2.14. The van der Waals surface area contributed by atoms with Crippen molar-refractivity contribution in [3.8, 4) is 39.3 Å². The predicted octanol–water partition coefficient (Wildman–Crippen LogP) is 4.46. The number of rotatable bonds is 7. The Morgan fingerprint density at radius 1 is 1.00 bits per heavy atom. The molecule has 0 spiro atoms. The molecule has 0 atom stereocenters. The van der Waals surface area contributed by atoms with Gasteiger partial charge >= 0.3 is 0 Å². The molecule has 0 bridgehead atoms. The fourth-order valence-corrected chi connectivity index (χ4v) is 4.51. The van der Waals surface area contributed by atoms with Gasteiger partial charge in [-0.2, -0.15) is 0 Å². The minimum absolute atomic E-state index is 0.306. The number of thiazole rings is 1. The number of ether oxygens (including phenoxy) is 1. The van der Waals surface area contributed by atoms with Gasteiger partial charge in [0.1, 0.15) is 35.7 Å². The van der Waals surface area contributed by atoms with E-state index in [4.69, 9.17) is 14.3 Å². The minimum atomic E-state index is -2.68. The fourth-order valence-electron chi connectivity index (χ4n) is 3.57. The number of fused-ring (bicyclic) bond motifs is 1. The quantitative estimate of drug-likeness (QED) is 0.198. The molecule has 4 aromatic rings. The third kappa shape index (κ3) is 11.1. The predicted molar refractivity (Wildman–Crippen MR) is 172 cm³/mol. The Kier molecular flexibility index (Phi) is 17.7. The first-order chi connectivity index (χ1) is 21.4. The summed E-state index contributed by atoms with van der Waals surface area (Å²) < 4.78 is 32.1. The molecular weight excluding hydrogens is 588 g/mol. The molecule has 236 valence electrons. The molecule has 0 saturated heterocycles. The van der Waals surface area contributed by atoms with Gasteiger partial charge in [-0.3, -0.25) is 4.98 Å². The van der Waals surface area contributed by atoms with Gasteiger partial charge in [0.15, 0.2) is 10.5 Å². The molecule has 0 amide bonds. The number of nitrogens with one attached hydrogen (secondary N) is 2. The second-order valence-corrected chi connectivity index (χ2v) is 9.79. The second-order valence-electron chi connectivity index (χ2n) is 8.81. The van der Waals surface area contributed by atoms with E-state index in [0.29, 0.717) is 38.4 Å². The molecule has 1 saturated carbocycles. The fraction of sp³-hybridized carbons (Fsp3) is 0.355. The first kappa shape index (κ1) is 37.8. The second kappa shape index (κ2) is 20.6. The van der Waals surface area contributed by atoms with Crippen molar-refractivity contribution >= 4 is 35.4 Å². The van der Waals surface area contributed by atoms with Gasteiger partial charge in [-0.15, -0.1) is 0 Å². The molecule has 1 fully saturated rings. The average Bonchev–Trinajstić information content (AvgIpc) is 3.81. The first-order valence-electron chi connectivity index (χ1n) is 13.5. The smallest absolute Gasteiger partial charge is 0.280 e. The van der Waals surface area contributed by atoms with E-state index in [1.807, 2.05) is 52.8 Å².